The van der Waals surface area contributed by atoms with Gasteiger partial charge in [-0.25, -0.2) is 9.98 Å². The number of aromatic hydroxyl groups is 1. The molecule has 146 valence electrons. The lowest BCUT2D eigenvalue weighted by molar-refractivity contribution is 0.439. The van der Waals surface area contributed by atoms with E-state index in [1.165, 1.54) is 11.3 Å². The van der Waals surface area contributed by atoms with Crippen LogP contribution in [0.5, 0.6) is 5.88 Å². The molecule has 0 unspecified atom stereocenters. The van der Waals surface area contributed by atoms with E-state index >= 15 is 0 Å². The molecule has 0 spiro atoms. The molecule has 5 nitrogen and oxygen atoms in total. The third-order valence-electron chi connectivity index (χ3n) is 4.77. The van der Waals surface area contributed by atoms with Gasteiger partial charge in [-0.3, -0.25) is 9.56 Å². The smallest absolute Gasteiger partial charge is 0.215 e. The molecular formula is C24H18N4OS. The first-order chi connectivity index (χ1) is 14.7. The number of hydrogen-bond acceptors (Lipinski definition) is 5. The van der Waals surface area contributed by atoms with Crippen molar-refractivity contribution in [2.75, 3.05) is 0 Å². The van der Waals surface area contributed by atoms with Gasteiger partial charge in [0.05, 0.1) is 16.3 Å². The summed E-state index contributed by atoms with van der Waals surface area (Å²) in [6, 6.07) is 23.4. The molecule has 1 aliphatic heterocycles. The zero-order valence-electron chi connectivity index (χ0n) is 16.2. The van der Waals surface area contributed by atoms with Crippen LogP contribution in [-0.4, -0.2) is 20.9 Å². The first-order valence-corrected chi connectivity index (χ1v) is 10.3. The van der Waals surface area contributed by atoms with Gasteiger partial charge in [0.25, 0.3) is 0 Å². The van der Waals surface area contributed by atoms with Crippen molar-refractivity contribution in [2.24, 2.45) is 9.98 Å². The van der Waals surface area contributed by atoms with Crippen LogP contribution in [0.15, 0.2) is 82.8 Å². The van der Waals surface area contributed by atoms with Crippen LogP contribution in [0, 0.1) is 6.92 Å². The molecule has 30 heavy (non-hydrogen) atoms. The summed E-state index contributed by atoms with van der Waals surface area (Å²) in [5.41, 5.74) is 4.68. The van der Waals surface area contributed by atoms with Gasteiger partial charge >= 0.3 is 0 Å². The van der Waals surface area contributed by atoms with Crippen molar-refractivity contribution >= 4 is 40.7 Å². The third-order valence-corrected chi connectivity index (χ3v) is 5.74. The minimum Gasteiger partial charge on any atom is -0.493 e. The molecule has 0 atom stereocenters. The predicted molar refractivity (Wildman–Crippen MR) is 122 cm³/mol. The van der Waals surface area contributed by atoms with Gasteiger partial charge in [0.1, 0.15) is 0 Å². The Bertz CT molecular complexity index is 1360. The topological polar surface area (TPSA) is 62.8 Å². The predicted octanol–water partition coefficient (Wildman–Crippen LogP) is 5.44. The Kier molecular flexibility index (Phi) is 4.61. The highest BCUT2D eigenvalue weighted by Crippen LogP contribution is 2.35. The average Bonchev–Trinajstić information content (AvgIpc) is 3.30. The molecule has 0 fully saturated rings. The fourth-order valence-corrected chi connectivity index (χ4v) is 4.34. The molecule has 0 aliphatic carbocycles. The van der Waals surface area contributed by atoms with Crippen LogP contribution in [0.1, 0.15) is 16.1 Å². The van der Waals surface area contributed by atoms with Crippen LogP contribution in [0.3, 0.4) is 0 Å². The number of thiazole rings is 1. The number of aromatic nitrogens is 2. The molecule has 0 bridgehead atoms. The number of aryl methyl sites for hydroxylation is 1. The van der Waals surface area contributed by atoms with Gasteiger partial charge in [-0.2, -0.15) is 0 Å². The number of aliphatic imine (C=N–C) groups is 1. The molecule has 0 amide bonds. The number of allylic oxidation sites excluding steroid dienone is 1. The van der Waals surface area contributed by atoms with Crippen LogP contribution < -0.4 is 4.80 Å². The second-order valence-corrected chi connectivity index (χ2v) is 7.88. The second kappa shape index (κ2) is 7.57. The maximum Gasteiger partial charge on any atom is 0.215 e. The number of pyridine rings is 1. The van der Waals surface area contributed by atoms with Gasteiger partial charge in [0.15, 0.2) is 10.6 Å². The fraction of sp³-hybridized carbons (Fsp3) is 0.0417. The molecule has 2 aromatic carbocycles. The minimum absolute atomic E-state index is 0.142. The summed E-state index contributed by atoms with van der Waals surface area (Å²) in [7, 11) is 0. The number of para-hydroxylation sites is 2. The summed E-state index contributed by atoms with van der Waals surface area (Å²) < 4.78 is 1.75. The molecular weight excluding hydrogens is 392 g/mol. The molecule has 3 heterocycles. The standard InChI is InChI=1S/C24H18N4OS/c1-16-8-7-13-22(26-16)27-24-28(18-9-3-2-4-10-18)23(29)21(30-24)14-17-15-25-20-12-6-5-11-19(17)20/h2-15,29H,1H3/b17-14+,27-24+. The van der Waals surface area contributed by atoms with E-state index in [1.54, 1.807) is 4.57 Å². The van der Waals surface area contributed by atoms with E-state index in [1.807, 2.05) is 92.0 Å². The number of nitrogens with zero attached hydrogens (tertiary/aromatic N) is 4. The summed E-state index contributed by atoms with van der Waals surface area (Å²) in [5.74, 6) is 0.746. The zero-order valence-corrected chi connectivity index (χ0v) is 17.0. The number of hydrogen-bond donors (Lipinski definition) is 1. The highest BCUT2D eigenvalue weighted by molar-refractivity contribution is 7.10. The average molecular weight is 411 g/mol. The summed E-state index contributed by atoms with van der Waals surface area (Å²) in [4.78, 5) is 15.0. The van der Waals surface area contributed by atoms with Crippen molar-refractivity contribution in [1.82, 2.24) is 9.55 Å². The van der Waals surface area contributed by atoms with E-state index in [4.69, 9.17) is 4.99 Å². The fourth-order valence-electron chi connectivity index (χ4n) is 3.35. The Labute approximate surface area is 177 Å². The van der Waals surface area contributed by atoms with Gasteiger partial charge < -0.3 is 5.11 Å². The quantitative estimate of drug-likeness (QED) is 0.489. The number of fused-ring (bicyclic) bond motifs is 1. The highest BCUT2D eigenvalue weighted by Gasteiger charge is 2.17. The van der Waals surface area contributed by atoms with Crippen LogP contribution in [0.4, 0.5) is 11.5 Å². The Hall–Kier alpha value is -3.77. The molecule has 2 aromatic heterocycles. The second-order valence-electron chi connectivity index (χ2n) is 6.87. The van der Waals surface area contributed by atoms with Crippen molar-refractivity contribution < 1.29 is 5.11 Å². The van der Waals surface area contributed by atoms with Crippen LogP contribution >= 0.6 is 11.3 Å². The maximum atomic E-state index is 11.1. The zero-order chi connectivity index (χ0) is 20.5. The van der Waals surface area contributed by atoms with Gasteiger partial charge in [-0.15, -0.1) is 0 Å². The molecule has 0 saturated heterocycles. The van der Waals surface area contributed by atoms with E-state index in [2.05, 4.69) is 9.98 Å². The molecule has 0 radical (unpaired) electrons. The van der Waals surface area contributed by atoms with Crippen molar-refractivity contribution in [1.29, 1.82) is 0 Å². The van der Waals surface area contributed by atoms with E-state index in [9.17, 15) is 5.11 Å². The van der Waals surface area contributed by atoms with E-state index < -0.39 is 0 Å². The molecule has 5 rings (SSSR count). The molecule has 1 aliphatic rings. The van der Waals surface area contributed by atoms with Crippen molar-refractivity contribution in [3.05, 3.63) is 93.7 Å². The van der Waals surface area contributed by atoms with Crippen molar-refractivity contribution in [3.8, 4) is 11.6 Å². The number of benzene rings is 2. The summed E-state index contributed by atoms with van der Waals surface area (Å²) in [6.07, 6.45) is 3.78. The van der Waals surface area contributed by atoms with Gasteiger partial charge in [-0.1, -0.05) is 53.8 Å². The summed E-state index contributed by atoms with van der Waals surface area (Å²) in [5, 5.41) is 11.1. The minimum atomic E-state index is 0.142. The summed E-state index contributed by atoms with van der Waals surface area (Å²) in [6.45, 7) is 1.93. The lowest BCUT2D eigenvalue weighted by Gasteiger charge is -2.05. The Morgan fingerprint density at radius 3 is 2.60 bits per heavy atom. The summed E-state index contributed by atoms with van der Waals surface area (Å²) >= 11 is 1.41. The van der Waals surface area contributed by atoms with Gasteiger partial charge in [-0.05, 0) is 43.3 Å². The third kappa shape index (κ3) is 3.38. The SMILES string of the molecule is Cc1cccc(/N=c2/sc(/C=C3\C=Nc4ccccc43)c(O)n2-c2ccccc2)n1. The Balaban J connectivity index is 1.70. The first kappa shape index (κ1) is 18.3. The largest absolute Gasteiger partial charge is 0.493 e. The van der Waals surface area contributed by atoms with Crippen LogP contribution in [0.2, 0.25) is 0 Å². The monoisotopic (exact) mass is 410 g/mol. The molecule has 0 saturated carbocycles. The van der Waals surface area contributed by atoms with Gasteiger partial charge in [0, 0.05) is 23.0 Å². The van der Waals surface area contributed by atoms with E-state index in [0.29, 0.717) is 15.5 Å². The van der Waals surface area contributed by atoms with Gasteiger partial charge in [0.2, 0.25) is 5.88 Å². The molecule has 6 heteroatoms. The maximum absolute atomic E-state index is 11.1. The van der Waals surface area contributed by atoms with Crippen LogP contribution in [0.25, 0.3) is 17.3 Å². The highest BCUT2D eigenvalue weighted by atomic mass is 32.1. The molecule has 4 aromatic rings. The Morgan fingerprint density at radius 1 is 0.967 bits per heavy atom. The Morgan fingerprint density at radius 2 is 1.77 bits per heavy atom. The van der Waals surface area contributed by atoms with E-state index in [0.717, 1.165) is 28.2 Å². The van der Waals surface area contributed by atoms with Crippen molar-refractivity contribution in [2.45, 2.75) is 6.92 Å². The lowest BCUT2D eigenvalue weighted by Crippen LogP contribution is -2.11. The first-order valence-electron chi connectivity index (χ1n) is 9.53. The normalized spacial score (nSPS) is 14.4. The van der Waals surface area contributed by atoms with Crippen LogP contribution in [-0.2, 0) is 0 Å². The molecule has 1 N–H and O–H groups in total. The van der Waals surface area contributed by atoms with Crippen molar-refractivity contribution in [3.63, 3.8) is 0 Å². The lowest BCUT2D eigenvalue weighted by atomic mass is 10.1. The van der Waals surface area contributed by atoms with E-state index in [-0.39, 0.29) is 5.88 Å². The number of rotatable bonds is 3.